The van der Waals surface area contributed by atoms with Crippen LogP contribution in [0.3, 0.4) is 0 Å². The van der Waals surface area contributed by atoms with Crippen LogP contribution in [0.5, 0.6) is 5.75 Å². The highest BCUT2D eigenvalue weighted by Gasteiger charge is 2.32. The summed E-state index contributed by atoms with van der Waals surface area (Å²) in [6.45, 7) is 2.51. The molecule has 3 aromatic rings. The summed E-state index contributed by atoms with van der Waals surface area (Å²) in [5, 5.41) is 0.733. The van der Waals surface area contributed by atoms with E-state index in [1.165, 1.54) is 0 Å². The Hall–Kier alpha value is -2.53. The van der Waals surface area contributed by atoms with Crippen molar-refractivity contribution >= 4 is 62.5 Å². The molecule has 0 N–H and O–H groups in total. The third kappa shape index (κ3) is 4.42. The second-order valence-corrected chi connectivity index (χ2v) is 8.47. The Balaban J connectivity index is 1.81. The van der Waals surface area contributed by atoms with E-state index in [9.17, 15) is 4.79 Å². The summed E-state index contributed by atoms with van der Waals surface area (Å²) in [7, 11) is 0. The molecule has 1 amide bonds. The Bertz CT molecular complexity index is 1210. The SMILES string of the molecule is CCOc1ccc(/C=C2\C=C(c3ccccc3)N(c3cccc(Cl)c3Cl)C2=O)cc1Br. The van der Waals surface area contributed by atoms with Gasteiger partial charge in [-0.1, -0.05) is 65.7 Å². The Labute approximate surface area is 199 Å². The first-order chi connectivity index (χ1) is 15.0. The Morgan fingerprint density at radius 2 is 1.81 bits per heavy atom. The maximum atomic E-state index is 13.5. The zero-order valence-electron chi connectivity index (χ0n) is 16.6. The molecule has 0 saturated heterocycles. The van der Waals surface area contributed by atoms with E-state index >= 15 is 0 Å². The van der Waals surface area contributed by atoms with Gasteiger partial charge in [0.05, 0.1) is 32.5 Å². The maximum absolute atomic E-state index is 13.5. The quantitative estimate of drug-likeness (QED) is 0.327. The van der Waals surface area contributed by atoms with Crippen LogP contribution in [0.15, 0.2) is 82.9 Å². The number of hydrogen-bond donors (Lipinski definition) is 0. The lowest BCUT2D eigenvalue weighted by Gasteiger charge is -2.22. The lowest BCUT2D eigenvalue weighted by molar-refractivity contribution is -0.113. The fourth-order valence-electron chi connectivity index (χ4n) is 3.40. The van der Waals surface area contributed by atoms with Gasteiger partial charge in [0.2, 0.25) is 0 Å². The van der Waals surface area contributed by atoms with Crippen LogP contribution in [0, 0.1) is 0 Å². The van der Waals surface area contributed by atoms with Crippen LogP contribution < -0.4 is 9.64 Å². The van der Waals surface area contributed by atoms with Crippen molar-refractivity contribution in [3.63, 3.8) is 0 Å². The molecule has 1 aliphatic rings. The van der Waals surface area contributed by atoms with Crippen LogP contribution in [-0.4, -0.2) is 12.5 Å². The minimum atomic E-state index is -0.173. The fourth-order valence-corrected chi connectivity index (χ4v) is 4.29. The molecule has 0 unspecified atom stereocenters. The Morgan fingerprint density at radius 3 is 2.52 bits per heavy atom. The van der Waals surface area contributed by atoms with Crippen LogP contribution in [0.1, 0.15) is 18.1 Å². The minimum Gasteiger partial charge on any atom is -0.493 e. The number of rotatable bonds is 5. The molecule has 0 aliphatic carbocycles. The molecule has 4 rings (SSSR count). The van der Waals surface area contributed by atoms with E-state index in [1.807, 2.05) is 67.6 Å². The number of anilines is 1. The first kappa shape index (κ1) is 21.7. The lowest BCUT2D eigenvalue weighted by Crippen LogP contribution is -2.25. The highest BCUT2D eigenvalue weighted by atomic mass is 79.9. The van der Waals surface area contributed by atoms with Crippen molar-refractivity contribution in [2.75, 3.05) is 11.5 Å². The van der Waals surface area contributed by atoms with Gasteiger partial charge in [0.15, 0.2) is 0 Å². The first-order valence-electron chi connectivity index (χ1n) is 9.69. The summed E-state index contributed by atoms with van der Waals surface area (Å²) in [5.74, 6) is 0.586. The number of amides is 1. The Morgan fingerprint density at radius 1 is 1.03 bits per heavy atom. The van der Waals surface area contributed by atoms with Gasteiger partial charge in [0, 0.05) is 5.57 Å². The summed E-state index contributed by atoms with van der Waals surface area (Å²) in [6, 6.07) is 20.7. The van der Waals surface area contributed by atoms with Crippen molar-refractivity contribution < 1.29 is 9.53 Å². The average molecular weight is 515 g/mol. The van der Waals surface area contributed by atoms with E-state index in [2.05, 4.69) is 15.9 Å². The van der Waals surface area contributed by atoms with Gasteiger partial charge in [-0.2, -0.15) is 0 Å². The number of ether oxygens (including phenoxy) is 1. The molecule has 1 aliphatic heterocycles. The maximum Gasteiger partial charge on any atom is 0.262 e. The van der Waals surface area contributed by atoms with E-state index in [0.717, 1.165) is 27.0 Å². The van der Waals surface area contributed by atoms with Crippen LogP contribution in [0.2, 0.25) is 10.0 Å². The van der Waals surface area contributed by atoms with Gasteiger partial charge in [-0.15, -0.1) is 0 Å². The normalized spacial score (nSPS) is 14.8. The third-order valence-corrected chi connectivity index (χ3v) is 6.23. The minimum absolute atomic E-state index is 0.173. The van der Waals surface area contributed by atoms with Gasteiger partial charge >= 0.3 is 0 Å². The van der Waals surface area contributed by atoms with Crippen molar-refractivity contribution in [1.29, 1.82) is 0 Å². The second kappa shape index (κ2) is 9.31. The van der Waals surface area contributed by atoms with E-state index in [4.69, 9.17) is 27.9 Å². The summed E-state index contributed by atoms with van der Waals surface area (Å²) in [4.78, 5) is 15.1. The van der Waals surface area contributed by atoms with Crippen LogP contribution >= 0.6 is 39.1 Å². The number of nitrogens with zero attached hydrogens (tertiary/aromatic N) is 1. The van der Waals surface area contributed by atoms with Gasteiger partial charge in [-0.3, -0.25) is 9.69 Å². The molecule has 3 aromatic carbocycles. The number of carbonyl (C=O) groups is 1. The second-order valence-electron chi connectivity index (χ2n) is 6.83. The van der Waals surface area contributed by atoms with E-state index in [0.29, 0.717) is 27.9 Å². The monoisotopic (exact) mass is 513 g/mol. The van der Waals surface area contributed by atoms with Crippen molar-refractivity contribution in [2.45, 2.75) is 6.92 Å². The zero-order chi connectivity index (χ0) is 22.0. The molecule has 0 saturated carbocycles. The molecule has 6 heteroatoms. The van der Waals surface area contributed by atoms with Crippen molar-refractivity contribution in [3.8, 4) is 5.75 Å². The molecule has 0 fully saturated rings. The third-order valence-electron chi connectivity index (χ3n) is 4.80. The molecular formula is C25H18BrCl2NO2. The van der Waals surface area contributed by atoms with E-state index in [1.54, 1.807) is 23.1 Å². The smallest absolute Gasteiger partial charge is 0.262 e. The molecule has 31 heavy (non-hydrogen) atoms. The fraction of sp³-hybridized carbons (Fsp3) is 0.0800. The standard InChI is InChI=1S/C25H18BrCl2NO2/c1-2-31-23-12-11-16(14-19(23)26)13-18-15-22(17-7-4-3-5-8-17)29(25(18)30)21-10-6-9-20(27)24(21)28/h3-15H,2H2,1H3/b18-13+. The summed E-state index contributed by atoms with van der Waals surface area (Å²) in [5.41, 5.74) is 3.62. The largest absolute Gasteiger partial charge is 0.493 e. The molecule has 0 aromatic heterocycles. The number of carbonyl (C=O) groups excluding carboxylic acids is 1. The number of halogens is 3. The van der Waals surface area contributed by atoms with E-state index in [-0.39, 0.29) is 5.91 Å². The van der Waals surface area contributed by atoms with Gasteiger partial charge < -0.3 is 4.74 Å². The molecule has 156 valence electrons. The topological polar surface area (TPSA) is 29.5 Å². The summed E-state index contributed by atoms with van der Waals surface area (Å²) < 4.78 is 6.40. The van der Waals surface area contributed by atoms with Gasteiger partial charge in [0.1, 0.15) is 5.75 Å². The zero-order valence-corrected chi connectivity index (χ0v) is 19.7. The predicted octanol–water partition coefficient (Wildman–Crippen LogP) is 7.63. The average Bonchev–Trinajstić information content (AvgIpc) is 3.09. The van der Waals surface area contributed by atoms with Crippen LogP contribution in [0.25, 0.3) is 11.8 Å². The molecular weight excluding hydrogens is 497 g/mol. The predicted molar refractivity (Wildman–Crippen MR) is 132 cm³/mol. The van der Waals surface area contributed by atoms with Crippen LogP contribution in [-0.2, 0) is 4.79 Å². The van der Waals surface area contributed by atoms with Crippen molar-refractivity contribution in [1.82, 2.24) is 0 Å². The van der Waals surface area contributed by atoms with E-state index < -0.39 is 0 Å². The van der Waals surface area contributed by atoms with Gasteiger partial charge in [-0.05, 0) is 70.4 Å². The van der Waals surface area contributed by atoms with Crippen LogP contribution in [0.4, 0.5) is 5.69 Å². The lowest BCUT2D eigenvalue weighted by atomic mass is 10.1. The van der Waals surface area contributed by atoms with Gasteiger partial charge in [-0.25, -0.2) is 0 Å². The molecule has 0 spiro atoms. The van der Waals surface area contributed by atoms with Gasteiger partial charge in [0.25, 0.3) is 5.91 Å². The summed E-state index contributed by atoms with van der Waals surface area (Å²) >= 11 is 16.2. The molecule has 0 atom stereocenters. The number of benzene rings is 3. The molecule has 1 heterocycles. The molecule has 0 radical (unpaired) electrons. The highest BCUT2D eigenvalue weighted by molar-refractivity contribution is 9.10. The van der Waals surface area contributed by atoms with Crippen molar-refractivity contribution in [2.24, 2.45) is 0 Å². The molecule has 0 bridgehead atoms. The number of hydrogen-bond acceptors (Lipinski definition) is 2. The first-order valence-corrected chi connectivity index (χ1v) is 11.2. The Kier molecular flexibility index (Phi) is 6.51. The molecule has 3 nitrogen and oxygen atoms in total. The summed E-state index contributed by atoms with van der Waals surface area (Å²) in [6.07, 6.45) is 3.73. The highest BCUT2D eigenvalue weighted by Crippen LogP contribution is 2.41. The van der Waals surface area contributed by atoms with Crippen molar-refractivity contribution in [3.05, 3.63) is 104 Å².